The molecule has 0 fully saturated rings. The third kappa shape index (κ3) is 2.89. The summed E-state index contributed by atoms with van der Waals surface area (Å²) in [6.07, 6.45) is 1.12. The minimum Gasteiger partial charge on any atom is -0.332 e. The highest BCUT2D eigenvalue weighted by Crippen LogP contribution is 2.29. The van der Waals surface area contributed by atoms with Gasteiger partial charge in [-0.05, 0) is 19.1 Å². The monoisotopic (exact) mass is 316 g/mol. The van der Waals surface area contributed by atoms with Crippen molar-refractivity contribution in [1.82, 2.24) is 9.97 Å². The van der Waals surface area contributed by atoms with Gasteiger partial charge in [-0.1, -0.05) is 11.6 Å². The fraction of sp³-hybridized carbons (Fsp3) is 0.100. The van der Waals surface area contributed by atoms with E-state index in [1.54, 1.807) is 6.92 Å². The number of anilines is 1. The molecule has 1 aromatic carbocycles. The minimum atomic E-state index is -3.98. The van der Waals surface area contributed by atoms with Gasteiger partial charge in [0.15, 0.2) is 5.03 Å². The highest BCUT2D eigenvalue weighted by Gasteiger charge is 2.22. The van der Waals surface area contributed by atoms with Gasteiger partial charge in [0, 0.05) is 11.1 Å². The predicted octanol–water partition coefficient (Wildman–Crippen LogP) is 2.08. The molecular formula is C10H9ClN4O4S. The van der Waals surface area contributed by atoms with Crippen LogP contribution in [0.4, 0.5) is 11.4 Å². The number of H-pyrrole nitrogens is 1. The summed E-state index contributed by atoms with van der Waals surface area (Å²) in [7, 11) is -3.98. The Bertz CT molecular complexity index is 771. The van der Waals surface area contributed by atoms with Crippen LogP contribution in [0.1, 0.15) is 5.82 Å². The van der Waals surface area contributed by atoms with Crippen molar-refractivity contribution < 1.29 is 13.3 Å². The first-order valence-corrected chi connectivity index (χ1v) is 7.14. The highest BCUT2D eigenvalue weighted by atomic mass is 35.5. The first-order chi connectivity index (χ1) is 9.29. The number of halogens is 1. The number of aromatic amines is 1. The van der Waals surface area contributed by atoms with Crippen molar-refractivity contribution in [2.24, 2.45) is 0 Å². The molecule has 0 unspecified atom stereocenters. The third-order valence-corrected chi connectivity index (χ3v) is 3.88. The van der Waals surface area contributed by atoms with E-state index in [9.17, 15) is 18.5 Å². The lowest BCUT2D eigenvalue weighted by Gasteiger charge is -2.06. The van der Waals surface area contributed by atoms with E-state index >= 15 is 0 Å². The van der Waals surface area contributed by atoms with Crippen LogP contribution in [0.5, 0.6) is 0 Å². The SMILES string of the molecule is Cc1ncc(S(=O)(=O)Nc2ccc(Cl)cc2[N+](=O)[O-])[nH]1. The van der Waals surface area contributed by atoms with Gasteiger partial charge in [-0.2, -0.15) is 8.42 Å². The van der Waals surface area contributed by atoms with Crippen molar-refractivity contribution in [1.29, 1.82) is 0 Å². The maximum Gasteiger partial charge on any atom is 0.294 e. The normalized spacial score (nSPS) is 11.3. The molecule has 106 valence electrons. The summed E-state index contributed by atoms with van der Waals surface area (Å²) in [5.41, 5.74) is -0.607. The Hall–Kier alpha value is -2.13. The molecule has 8 nitrogen and oxygen atoms in total. The Morgan fingerprint density at radius 1 is 1.45 bits per heavy atom. The fourth-order valence-electron chi connectivity index (χ4n) is 1.48. The number of aromatic nitrogens is 2. The largest absolute Gasteiger partial charge is 0.332 e. The maximum atomic E-state index is 12.0. The lowest BCUT2D eigenvalue weighted by molar-refractivity contribution is -0.383. The van der Waals surface area contributed by atoms with Crippen LogP contribution >= 0.6 is 11.6 Å². The average molecular weight is 317 g/mol. The van der Waals surface area contributed by atoms with E-state index in [0.29, 0.717) is 5.82 Å². The third-order valence-electron chi connectivity index (χ3n) is 2.37. The van der Waals surface area contributed by atoms with Gasteiger partial charge in [0.05, 0.1) is 11.1 Å². The number of hydrogen-bond donors (Lipinski definition) is 2. The van der Waals surface area contributed by atoms with Gasteiger partial charge in [0.2, 0.25) is 0 Å². The number of nitro groups is 1. The number of aryl methyl sites for hydroxylation is 1. The Kier molecular flexibility index (Phi) is 3.64. The standard InChI is InChI=1S/C10H9ClN4O4S/c1-6-12-5-10(13-6)20(18,19)14-8-3-2-7(11)4-9(8)15(16)17/h2-5,14H,1H3,(H,12,13). The van der Waals surface area contributed by atoms with Crippen LogP contribution < -0.4 is 4.72 Å². The van der Waals surface area contributed by atoms with Crippen LogP contribution in [-0.2, 0) is 10.0 Å². The molecule has 0 amide bonds. The molecular weight excluding hydrogens is 308 g/mol. The van der Waals surface area contributed by atoms with Gasteiger partial charge < -0.3 is 4.98 Å². The van der Waals surface area contributed by atoms with Crippen molar-refractivity contribution >= 4 is 33.0 Å². The maximum absolute atomic E-state index is 12.0. The molecule has 10 heteroatoms. The van der Waals surface area contributed by atoms with Crippen molar-refractivity contribution in [3.8, 4) is 0 Å². The molecule has 0 atom stereocenters. The van der Waals surface area contributed by atoms with Gasteiger partial charge in [0.1, 0.15) is 11.5 Å². The zero-order valence-corrected chi connectivity index (χ0v) is 11.7. The molecule has 1 heterocycles. The van der Waals surface area contributed by atoms with Gasteiger partial charge in [-0.3, -0.25) is 14.8 Å². The molecule has 2 aromatic rings. The molecule has 20 heavy (non-hydrogen) atoms. The lowest BCUT2D eigenvalue weighted by atomic mass is 10.3. The summed E-state index contributed by atoms with van der Waals surface area (Å²) < 4.78 is 26.2. The second-order valence-electron chi connectivity index (χ2n) is 3.86. The summed E-state index contributed by atoms with van der Waals surface area (Å²) in [4.78, 5) is 16.5. The van der Waals surface area contributed by atoms with Crippen LogP contribution in [0.25, 0.3) is 0 Å². The van der Waals surface area contributed by atoms with Crippen molar-refractivity contribution in [3.05, 3.63) is 45.4 Å². The number of nitrogens with one attached hydrogen (secondary N) is 2. The van der Waals surface area contributed by atoms with Crippen molar-refractivity contribution in [2.75, 3.05) is 4.72 Å². The second-order valence-corrected chi connectivity index (χ2v) is 5.94. The number of rotatable bonds is 4. The summed E-state index contributed by atoms with van der Waals surface area (Å²) in [5.74, 6) is 0.413. The molecule has 0 aliphatic rings. The van der Waals surface area contributed by atoms with E-state index in [-0.39, 0.29) is 15.7 Å². The van der Waals surface area contributed by atoms with Crippen molar-refractivity contribution in [2.45, 2.75) is 11.9 Å². The molecule has 2 rings (SSSR count). The summed E-state index contributed by atoms with van der Waals surface area (Å²) in [6.45, 7) is 1.59. The number of imidazole rings is 1. The first kappa shape index (κ1) is 14.3. The summed E-state index contributed by atoms with van der Waals surface area (Å²) in [5, 5.41) is 10.8. The molecule has 0 bridgehead atoms. The zero-order valence-electron chi connectivity index (χ0n) is 10.1. The molecule has 1 aromatic heterocycles. The Balaban J connectivity index is 2.42. The Morgan fingerprint density at radius 2 is 2.15 bits per heavy atom. The van der Waals surface area contributed by atoms with Crippen LogP contribution in [0, 0.1) is 17.0 Å². The van der Waals surface area contributed by atoms with E-state index in [1.165, 1.54) is 12.1 Å². The summed E-state index contributed by atoms with van der Waals surface area (Å²) in [6, 6.07) is 3.64. The van der Waals surface area contributed by atoms with Gasteiger partial charge >= 0.3 is 0 Å². The second kappa shape index (κ2) is 5.10. The molecule has 0 saturated carbocycles. The molecule has 2 N–H and O–H groups in total. The van der Waals surface area contributed by atoms with E-state index in [0.717, 1.165) is 12.3 Å². The van der Waals surface area contributed by atoms with Crippen LogP contribution in [-0.4, -0.2) is 23.3 Å². The van der Waals surface area contributed by atoms with E-state index < -0.39 is 20.6 Å². The van der Waals surface area contributed by atoms with Crippen LogP contribution in [0.15, 0.2) is 29.4 Å². The van der Waals surface area contributed by atoms with Crippen LogP contribution in [0.3, 0.4) is 0 Å². The average Bonchev–Trinajstić information content (AvgIpc) is 2.78. The number of hydrogen-bond acceptors (Lipinski definition) is 5. The van der Waals surface area contributed by atoms with E-state index in [2.05, 4.69) is 14.7 Å². The Labute approximate surface area is 119 Å². The van der Waals surface area contributed by atoms with Gasteiger partial charge in [0.25, 0.3) is 15.7 Å². The fourth-order valence-corrected chi connectivity index (χ4v) is 2.69. The number of benzene rings is 1. The Morgan fingerprint density at radius 3 is 2.70 bits per heavy atom. The predicted molar refractivity (Wildman–Crippen MR) is 72.2 cm³/mol. The smallest absolute Gasteiger partial charge is 0.294 e. The first-order valence-electron chi connectivity index (χ1n) is 5.28. The summed E-state index contributed by atoms with van der Waals surface area (Å²) >= 11 is 5.65. The van der Waals surface area contributed by atoms with Gasteiger partial charge in [-0.25, -0.2) is 4.98 Å². The van der Waals surface area contributed by atoms with E-state index in [1.807, 2.05) is 0 Å². The molecule has 0 saturated heterocycles. The molecule has 0 aliphatic carbocycles. The highest BCUT2D eigenvalue weighted by molar-refractivity contribution is 7.92. The molecule has 0 spiro atoms. The molecule has 0 radical (unpaired) electrons. The number of nitrogens with zero attached hydrogens (tertiary/aromatic N) is 2. The zero-order chi connectivity index (χ0) is 14.9. The quantitative estimate of drug-likeness (QED) is 0.661. The van der Waals surface area contributed by atoms with Gasteiger partial charge in [-0.15, -0.1) is 0 Å². The topological polar surface area (TPSA) is 118 Å². The minimum absolute atomic E-state index is 0.136. The van der Waals surface area contributed by atoms with Crippen molar-refractivity contribution in [3.63, 3.8) is 0 Å². The van der Waals surface area contributed by atoms with E-state index in [4.69, 9.17) is 11.6 Å². The number of sulfonamides is 1. The molecule has 0 aliphatic heterocycles. The van der Waals surface area contributed by atoms with Crippen LogP contribution in [0.2, 0.25) is 5.02 Å². The number of nitro benzene ring substituents is 1. The lowest BCUT2D eigenvalue weighted by Crippen LogP contribution is -2.14.